The van der Waals surface area contributed by atoms with Gasteiger partial charge < -0.3 is 10.0 Å². The standard InChI is InChI=1S/C16H19BrN2O/c1-19(2)12-9-16(20,14-7-10-18-11-8-14)13-3-5-15(17)6-4-13/h3-8,10-11,20H,9,12H2,1-2H3. The number of rotatable bonds is 5. The number of halogens is 1. The minimum atomic E-state index is -0.992. The largest absolute Gasteiger partial charge is 0.380 e. The van der Waals surface area contributed by atoms with Crippen LogP contribution in [0.15, 0.2) is 53.3 Å². The number of hydrogen-bond donors (Lipinski definition) is 1. The average Bonchev–Trinajstić information content (AvgIpc) is 2.46. The Balaban J connectivity index is 2.40. The molecular formula is C16H19BrN2O. The Labute approximate surface area is 128 Å². The Hall–Kier alpha value is -1.23. The fourth-order valence-electron chi connectivity index (χ4n) is 2.19. The van der Waals surface area contributed by atoms with Crippen molar-refractivity contribution < 1.29 is 5.11 Å². The van der Waals surface area contributed by atoms with Crippen LogP contribution in [0.4, 0.5) is 0 Å². The highest BCUT2D eigenvalue weighted by Gasteiger charge is 2.31. The molecule has 1 aromatic carbocycles. The Morgan fingerprint density at radius 3 is 2.15 bits per heavy atom. The van der Waals surface area contributed by atoms with E-state index in [1.54, 1.807) is 12.4 Å². The van der Waals surface area contributed by atoms with Gasteiger partial charge in [0.2, 0.25) is 0 Å². The molecule has 0 radical (unpaired) electrons. The molecule has 0 saturated carbocycles. The molecule has 2 aromatic rings. The lowest BCUT2D eigenvalue weighted by atomic mass is 9.84. The van der Waals surface area contributed by atoms with E-state index in [0.29, 0.717) is 6.42 Å². The molecule has 1 atom stereocenters. The summed E-state index contributed by atoms with van der Waals surface area (Å²) in [6.45, 7) is 0.800. The molecule has 1 heterocycles. The van der Waals surface area contributed by atoms with Crippen molar-refractivity contribution >= 4 is 15.9 Å². The first-order valence-electron chi connectivity index (χ1n) is 6.56. The van der Waals surface area contributed by atoms with Crippen molar-refractivity contribution in [1.82, 2.24) is 9.88 Å². The molecule has 20 heavy (non-hydrogen) atoms. The maximum atomic E-state index is 11.2. The number of nitrogens with zero attached hydrogens (tertiary/aromatic N) is 2. The Morgan fingerprint density at radius 1 is 1.05 bits per heavy atom. The van der Waals surface area contributed by atoms with Crippen molar-refractivity contribution in [2.24, 2.45) is 0 Å². The van der Waals surface area contributed by atoms with Crippen molar-refractivity contribution in [2.45, 2.75) is 12.0 Å². The zero-order chi connectivity index (χ0) is 14.6. The van der Waals surface area contributed by atoms with E-state index in [2.05, 4.69) is 25.8 Å². The highest BCUT2D eigenvalue weighted by atomic mass is 79.9. The van der Waals surface area contributed by atoms with Crippen LogP contribution in [0.2, 0.25) is 0 Å². The third-order valence-electron chi connectivity index (χ3n) is 3.40. The van der Waals surface area contributed by atoms with Crippen LogP contribution in [-0.4, -0.2) is 35.6 Å². The van der Waals surface area contributed by atoms with Crippen LogP contribution >= 0.6 is 15.9 Å². The monoisotopic (exact) mass is 334 g/mol. The molecule has 4 heteroatoms. The van der Waals surface area contributed by atoms with Crippen molar-refractivity contribution in [3.8, 4) is 0 Å². The van der Waals surface area contributed by atoms with Crippen molar-refractivity contribution in [2.75, 3.05) is 20.6 Å². The molecule has 0 bridgehead atoms. The summed E-state index contributed by atoms with van der Waals surface area (Å²) < 4.78 is 1.01. The van der Waals surface area contributed by atoms with Crippen LogP contribution < -0.4 is 0 Å². The van der Waals surface area contributed by atoms with Gasteiger partial charge in [-0.05, 0) is 55.9 Å². The summed E-state index contributed by atoms with van der Waals surface area (Å²) in [6.07, 6.45) is 4.06. The summed E-state index contributed by atoms with van der Waals surface area (Å²) in [5.41, 5.74) is 0.777. The predicted molar refractivity (Wildman–Crippen MR) is 84.5 cm³/mol. The topological polar surface area (TPSA) is 36.4 Å². The normalized spacial score (nSPS) is 14.2. The quantitative estimate of drug-likeness (QED) is 0.912. The second-order valence-electron chi connectivity index (χ2n) is 5.16. The van der Waals surface area contributed by atoms with Crippen LogP contribution in [0.3, 0.4) is 0 Å². The molecule has 1 N–H and O–H groups in total. The van der Waals surface area contributed by atoms with Gasteiger partial charge in [0, 0.05) is 23.4 Å². The zero-order valence-electron chi connectivity index (χ0n) is 11.8. The molecule has 106 valence electrons. The lowest BCUT2D eigenvalue weighted by molar-refractivity contribution is 0.0628. The lowest BCUT2D eigenvalue weighted by Crippen LogP contribution is -2.31. The predicted octanol–water partition coefficient (Wildman–Crippen LogP) is 3.03. The highest BCUT2D eigenvalue weighted by molar-refractivity contribution is 9.10. The zero-order valence-corrected chi connectivity index (χ0v) is 13.3. The first kappa shape index (κ1) is 15.2. The van der Waals surface area contributed by atoms with E-state index < -0.39 is 5.60 Å². The van der Waals surface area contributed by atoms with Gasteiger partial charge in [-0.3, -0.25) is 4.98 Å². The van der Waals surface area contributed by atoms with Gasteiger partial charge in [-0.2, -0.15) is 0 Å². The fraction of sp³-hybridized carbons (Fsp3) is 0.312. The minimum Gasteiger partial charge on any atom is -0.380 e. The molecule has 0 amide bonds. The van der Waals surface area contributed by atoms with Crippen molar-refractivity contribution in [3.63, 3.8) is 0 Å². The summed E-state index contributed by atoms with van der Waals surface area (Å²) in [5, 5.41) is 11.2. The summed E-state index contributed by atoms with van der Waals surface area (Å²) in [6, 6.07) is 11.6. The first-order chi connectivity index (χ1) is 9.52. The van der Waals surface area contributed by atoms with Crippen LogP contribution in [0.1, 0.15) is 17.5 Å². The number of aliphatic hydroxyl groups is 1. The van der Waals surface area contributed by atoms with Crippen molar-refractivity contribution in [3.05, 3.63) is 64.4 Å². The molecular weight excluding hydrogens is 316 g/mol. The maximum Gasteiger partial charge on any atom is 0.116 e. The van der Waals surface area contributed by atoms with Crippen molar-refractivity contribution in [1.29, 1.82) is 0 Å². The number of aromatic nitrogens is 1. The van der Waals surface area contributed by atoms with Crippen LogP contribution in [0, 0.1) is 0 Å². The van der Waals surface area contributed by atoms with Gasteiger partial charge in [-0.15, -0.1) is 0 Å². The molecule has 0 aliphatic heterocycles. The number of benzene rings is 1. The van der Waals surface area contributed by atoms with Gasteiger partial charge in [-0.25, -0.2) is 0 Å². The summed E-state index contributed by atoms with van der Waals surface area (Å²) >= 11 is 3.43. The fourth-order valence-corrected chi connectivity index (χ4v) is 2.46. The molecule has 0 aliphatic carbocycles. The molecule has 0 fully saturated rings. The van der Waals surface area contributed by atoms with Gasteiger partial charge in [-0.1, -0.05) is 28.1 Å². The molecule has 1 aromatic heterocycles. The second kappa shape index (κ2) is 6.48. The van der Waals surface area contributed by atoms with Gasteiger partial charge >= 0.3 is 0 Å². The molecule has 2 rings (SSSR count). The third kappa shape index (κ3) is 3.45. The summed E-state index contributed by atoms with van der Waals surface area (Å²) in [7, 11) is 4.02. The Bertz CT molecular complexity index is 542. The average molecular weight is 335 g/mol. The van der Waals surface area contributed by atoms with Crippen LogP contribution in [0.25, 0.3) is 0 Å². The molecule has 0 aliphatic rings. The lowest BCUT2D eigenvalue weighted by Gasteiger charge is -2.30. The van der Waals surface area contributed by atoms with E-state index in [4.69, 9.17) is 0 Å². The van der Waals surface area contributed by atoms with E-state index in [1.165, 1.54) is 0 Å². The Kier molecular flexibility index (Phi) is 4.91. The summed E-state index contributed by atoms with van der Waals surface area (Å²) in [5.74, 6) is 0. The van der Waals surface area contributed by atoms with Crippen LogP contribution in [0.5, 0.6) is 0 Å². The van der Waals surface area contributed by atoms with Gasteiger partial charge in [0.05, 0.1) is 0 Å². The van der Waals surface area contributed by atoms with Crippen LogP contribution in [-0.2, 0) is 5.60 Å². The minimum absolute atomic E-state index is 0.631. The molecule has 3 nitrogen and oxygen atoms in total. The first-order valence-corrected chi connectivity index (χ1v) is 7.35. The second-order valence-corrected chi connectivity index (χ2v) is 6.07. The molecule has 1 unspecified atom stereocenters. The third-order valence-corrected chi connectivity index (χ3v) is 3.93. The van der Waals surface area contributed by atoms with E-state index in [1.807, 2.05) is 50.5 Å². The van der Waals surface area contributed by atoms with Gasteiger partial charge in [0.15, 0.2) is 0 Å². The van der Waals surface area contributed by atoms with E-state index in [0.717, 1.165) is 22.1 Å². The molecule has 0 spiro atoms. The van der Waals surface area contributed by atoms with Gasteiger partial charge in [0.1, 0.15) is 5.60 Å². The summed E-state index contributed by atoms with van der Waals surface area (Å²) in [4.78, 5) is 6.11. The maximum absolute atomic E-state index is 11.2. The van der Waals surface area contributed by atoms with E-state index >= 15 is 0 Å². The smallest absolute Gasteiger partial charge is 0.116 e. The molecule has 0 saturated heterocycles. The number of pyridine rings is 1. The van der Waals surface area contributed by atoms with Gasteiger partial charge in [0.25, 0.3) is 0 Å². The highest BCUT2D eigenvalue weighted by Crippen LogP contribution is 2.33. The SMILES string of the molecule is CN(C)CCC(O)(c1ccncc1)c1ccc(Br)cc1. The van der Waals surface area contributed by atoms with E-state index in [9.17, 15) is 5.11 Å². The number of hydrogen-bond acceptors (Lipinski definition) is 3. The van der Waals surface area contributed by atoms with E-state index in [-0.39, 0.29) is 0 Å². The Morgan fingerprint density at radius 2 is 1.60 bits per heavy atom.